The average molecular weight is 313 g/mol. The van der Waals surface area contributed by atoms with Gasteiger partial charge in [-0.05, 0) is 40.6 Å². The van der Waals surface area contributed by atoms with Gasteiger partial charge in [-0.3, -0.25) is 9.59 Å². The van der Waals surface area contributed by atoms with E-state index in [1.807, 2.05) is 26.8 Å². The van der Waals surface area contributed by atoms with Crippen LogP contribution in [0.15, 0.2) is 18.2 Å². The molecular weight excluding hydrogens is 294 g/mol. The number of aromatic nitrogens is 4. The molecule has 0 spiro atoms. The van der Waals surface area contributed by atoms with Crippen LogP contribution < -0.4 is 5.32 Å². The van der Waals surface area contributed by atoms with Gasteiger partial charge in [0.15, 0.2) is 11.6 Å². The molecule has 0 radical (unpaired) electrons. The maximum Gasteiger partial charge on any atom is 0.224 e. The molecule has 1 aliphatic heterocycles. The van der Waals surface area contributed by atoms with Crippen LogP contribution in [0.25, 0.3) is 0 Å². The number of carbonyl (C=O) groups is 2. The molecule has 3 rings (SSSR count). The van der Waals surface area contributed by atoms with Gasteiger partial charge in [-0.2, -0.15) is 0 Å². The second-order valence-corrected chi connectivity index (χ2v) is 6.75. The highest BCUT2D eigenvalue weighted by atomic mass is 16.1. The Hall–Kier alpha value is -2.57. The van der Waals surface area contributed by atoms with Crippen molar-refractivity contribution < 1.29 is 9.59 Å². The SMILES string of the molecule is CC(C)(C)c1nnnn1CC(=O)c1ccc2c(c1)CCC(=O)N2. The van der Waals surface area contributed by atoms with Crippen LogP contribution in [-0.2, 0) is 23.2 Å². The molecule has 0 saturated carbocycles. The first-order valence-corrected chi connectivity index (χ1v) is 7.57. The summed E-state index contributed by atoms with van der Waals surface area (Å²) in [6.45, 7) is 6.11. The fraction of sp³-hybridized carbons (Fsp3) is 0.438. The van der Waals surface area contributed by atoms with Gasteiger partial charge < -0.3 is 5.32 Å². The summed E-state index contributed by atoms with van der Waals surface area (Å²) in [5.74, 6) is 0.638. The van der Waals surface area contributed by atoms with E-state index in [1.54, 1.807) is 16.8 Å². The maximum absolute atomic E-state index is 12.5. The number of anilines is 1. The molecular formula is C16H19N5O2. The fourth-order valence-electron chi connectivity index (χ4n) is 2.63. The van der Waals surface area contributed by atoms with Crippen LogP contribution in [0.4, 0.5) is 5.69 Å². The number of hydrogen-bond acceptors (Lipinski definition) is 5. The average Bonchev–Trinajstić information content (AvgIpc) is 2.95. The number of ketones is 1. The molecule has 0 unspecified atom stereocenters. The Kier molecular flexibility index (Phi) is 3.71. The molecule has 120 valence electrons. The van der Waals surface area contributed by atoms with Crippen molar-refractivity contribution in [3.8, 4) is 0 Å². The van der Waals surface area contributed by atoms with E-state index in [9.17, 15) is 9.59 Å². The molecule has 0 saturated heterocycles. The van der Waals surface area contributed by atoms with Gasteiger partial charge in [0.2, 0.25) is 5.91 Å². The molecule has 1 aliphatic rings. The molecule has 0 bridgehead atoms. The lowest BCUT2D eigenvalue weighted by atomic mass is 9.95. The monoisotopic (exact) mass is 313 g/mol. The first-order chi connectivity index (χ1) is 10.8. The Balaban J connectivity index is 1.82. The van der Waals surface area contributed by atoms with Gasteiger partial charge in [0.1, 0.15) is 6.54 Å². The van der Waals surface area contributed by atoms with E-state index in [0.717, 1.165) is 11.3 Å². The first-order valence-electron chi connectivity index (χ1n) is 7.57. The maximum atomic E-state index is 12.5. The zero-order valence-electron chi connectivity index (χ0n) is 13.5. The molecule has 1 amide bonds. The van der Waals surface area contributed by atoms with E-state index in [1.165, 1.54) is 0 Å². The topological polar surface area (TPSA) is 89.8 Å². The minimum absolute atomic E-state index is 0.0140. The predicted molar refractivity (Wildman–Crippen MR) is 84.2 cm³/mol. The van der Waals surface area contributed by atoms with Gasteiger partial charge in [-0.15, -0.1) is 5.10 Å². The zero-order valence-corrected chi connectivity index (χ0v) is 13.5. The Labute approximate surface area is 134 Å². The Morgan fingerprint density at radius 3 is 2.83 bits per heavy atom. The minimum atomic E-state index is -0.232. The van der Waals surface area contributed by atoms with E-state index in [2.05, 4.69) is 20.8 Å². The van der Waals surface area contributed by atoms with Crippen molar-refractivity contribution in [3.63, 3.8) is 0 Å². The zero-order chi connectivity index (χ0) is 16.6. The number of carbonyl (C=O) groups excluding carboxylic acids is 2. The summed E-state index contributed by atoms with van der Waals surface area (Å²) in [7, 11) is 0. The molecule has 1 aromatic heterocycles. The third-order valence-electron chi connectivity index (χ3n) is 3.82. The highest BCUT2D eigenvalue weighted by Gasteiger charge is 2.24. The Morgan fingerprint density at radius 1 is 1.30 bits per heavy atom. The summed E-state index contributed by atoms with van der Waals surface area (Å²) in [5.41, 5.74) is 2.15. The van der Waals surface area contributed by atoms with E-state index < -0.39 is 0 Å². The van der Waals surface area contributed by atoms with Crippen molar-refractivity contribution in [1.29, 1.82) is 0 Å². The number of rotatable bonds is 3. The van der Waals surface area contributed by atoms with Crippen LogP contribution in [0, 0.1) is 0 Å². The third kappa shape index (κ3) is 3.13. The number of hydrogen-bond donors (Lipinski definition) is 1. The van der Waals surface area contributed by atoms with Crippen LogP contribution in [0.1, 0.15) is 48.9 Å². The Morgan fingerprint density at radius 2 is 2.09 bits per heavy atom. The molecule has 1 aromatic carbocycles. The van der Waals surface area contributed by atoms with Gasteiger partial charge in [-0.1, -0.05) is 20.8 Å². The van der Waals surface area contributed by atoms with Crippen molar-refractivity contribution >= 4 is 17.4 Å². The third-order valence-corrected chi connectivity index (χ3v) is 3.82. The lowest BCUT2D eigenvalue weighted by Gasteiger charge is -2.18. The molecule has 0 fully saturated rings. The fourth-order valence-corrected chi connectivity index (χ4v) is 2.63. The molecule has 0 aliphatic carbocycles. The molecule has 2 heterocycles. The summed E-state index contributed by atoms with van der Waals surface area (Å²) in [6.07, 6.45) is 1.10. The summed E-state index contributed by atoms with van der Waals surface area (Å²) < 4.78 is 1.55. The summed E-state index contributed by atoms with van der Waals surface area (Å²) >= 11 is 0. The van der Waals surface area contributed by atoms with E-state index in [4.69, 9.17) is 0 Å². The lowest BCUT2D eigenvalue weighted by molar-refractivity contribution is -0.116. The largest absolute Gasteiger partial charge is 0.326 e. The summed E-state index contributed by atoms with van der Waals surface area (Å²) in [4.78, 5) is 23.9. The Bertz CT molecular complexity index is 773. The summed E-state index contributed by atoms with van der Waals surface area (Å²) in [6, 6.07) is 5.36. The van der Waals surface area contributed by atoms with Gasteiger partial charge in [0.25, 0.3) is 0 Å². The second kappa shape index (κ2) is 5.57. The van der Waals surface area contributed by atoms with Gasteiger partial charge >= 0.3 is 0 Å². The summed E-state index contributed by atoms with van der Waals surface area (Å²) in [5, 5.41) is 14.4. The number of tetrazole rings is 1. The first kappa shape index (κ1) is 15.3. The molecule has 1 N–H and O–H groups in total. The number of nitrogens with zero attached hydrogens (tertiary/aromatic N) is 4. The molecule has 7 heteroatoms. The van der Waals surface area contributed by atoms with Crippen molar-refractivity contribution in [2.45, 2.75) is 45.6 Å². The molecule has 0 atom stereocenters. The van der Waals surface area contributed by atoms with Crippen LogP contribution in [-0.4, -0.2) is 31.9 Å². The van der Waals surface area contributed by atoms with E-state index >= 15 is 0 Å². The number of benzene rings is 1. The predicted octanol–water partition coefficient (Wildman–Crippen LogP) is 1.74. The highest BCUT2D eigenvalue weighted by Crippen LogP contribution is 2.24. The number of fused-ring (bicyclic) bond motifs is 1. The molecule has 7 nitrogen and oxygen atoms in total. The number of amides is 1. The van der Waals surface area contributed by atoms with Crippen molar-refractivity contribution in [2.24, 2.45) is 0 Å². The van der Waals surface area contributed by atoms with Gasteiger partial charge in [0.05, 0.1) is 0 Å². The standard InChI is InChI=1S/C16H19N5O2/c1-16(2,3)15-18-19-20-21(15)9-13(22)11-4-6-12-10(8-11)5-7-14(23)17-12/h4,6,8H,5,7,9H2,1-3H3,(H,17,23). The van der Waals surface area contributed by atoms with Crippen molar-refractivity contribution in [1.82, 2.24) is 20.2 Å². The van der Waals surface area contributed by atoms with Crippen LogP contribution >= 0.6 is 0 Å². The normalized spacial score (nSPS) is 14.3. The number of nitrogens with one attached hydrogen (secondary N) is 1. The van der Waals surface area contributed by atoms with Gasteiger partial charge in [-0.25, -0.2) is 4.68 Å². The minimum Gasteiger partial charge on any atom is -0.326 e. The van der Waals surface area contributed by atoms with Crippen molar-refractivity contribution in [2.75, 3.05) is 5.32 Å². The quantitative estimate of drug-likeness (QED) is 0.872. The van der Waals surface area contributed by atoms with Gasteiger partial charge in [0, 0.05) is 23.1 Å². The van der Waals surface area contributed by atoms with E-state index in [-0.39, 0.29) is 23.7 Å². The number of aryl methyl sites for hydroxylation is 1. The lowest BCUT2D eigenvalue weighted by Crippen LogP contribution is -2.23. The molecule has 23 heavy (non-hydrogen) atoms. The van der Waals surface area contributed by atoms with Crippen molar-refractivity contribution in [3.05, 3.63) is 35.2 Å². The number of Topliss-reactive ketones (excluding diaryl/α,β-unsaturated/α-hetero) is 1. The molecule has 2 aromatic rings. The second-order valence-electron chi connectivity index (χ2n) is 6.75. The van der Waals surface area contributed by atoms with Crippen LogP contribution in [0.3, 0.4) is 0 Å². The van der Waals surface area contributed by atoms with Crippen LogP contribution in [0.5, 0.6) is 0 Å². The highest BCUT2D eigenvalue weighted by molar-refractivity contribution is 5.98. The van der Waals surface area contributed by atoms with E-state index in [0.29, 0.717) is 24.2 Å². The smallest absolute Gasteiger partial charge is 0.224 e. The van der Waals surface area contributed by atoms with Crippen LogP contribution in [0.2, 0.25) is 0 Å².